The van der Waals surface area contributed by atoms with Crippen LogP contribution in [0.4, 0.5) is 0 Å². The molecule has 0 aromatic rings. The molecule has 0 N–H and O–H groups in total. The molecule has 0 amide bonds. The van der Waals surface area contributed by atoms with Crippen LogP contribution in [0.3, 0.4) is 0 Å². The van der Waals surface area contributed by atoms with E-state index in [1.165, 1.54) is 11.5 Å². The molecule has 12 heavy (non-hydrogen) atoms. The van der Waals surface area contributed by atoms with Gasteiger partial charge in [-0.1, -0.05) is 10.5 Å². The fourth-order valence-corrected chi connectivity index (χ4v) is 4.61. The molecule has 2 aliphatic rings. The Balaban J connectivity index is 0.000000720. The number of hydrogen-bond donors (Lipinski definition) is 0. The molecular weight excluding hydrogens is 265 g/mol. The third-order valence-electron chi connectivity index (χ3n) is 2.17. The Hall–Kier alpha value is 1.47. The van der Waals surface area contributed by atoms with Crippen LogP contribution >= 0.6 is 23.5 Å². The molecule has 1 saturated carbocycles. The van der Waals surface area contributed by atoms with Crippen LogP contribution < -0.4 is 0 Å². The summed E-state index contributed by atoms with van der Waals surface area (Å²) < 4.78 is 0.341. The van der Waals surface area contributed by atoms with Gasteiger partial charge in [-0.2, -0.15) is 23.5 Å². The first-order valence-electron chi connectivity index (χ1n) is 3.95. The van der Waals surface area contributed by atoms with Gasteiger partial charge in [-0.3, -0.25) is 6.42 Å². The first-order chi connectivity index (χ1) is 5.31. The minimum Gasteiger partial charge on any atom is -0.303 e. The molecule has 62 valence electrons. The molecule has 4 heteroatoms. The van der Waals surface area contributed by atoms with Gasteiger partial charge in [-0.25, -0.2) is 0 Å². The summed E-state index contributed by atoms with van der Waals surface area (Å²) in [6.07, 6.45) is 4.80. The van der Waals surface area contributed by atoms with Gasteiger partial charge >= 0.3 is 32.7 Å². The number of rotatable bonds is 0. The van der Waals surface area contributed by atoms with Gasteiger partial charge in [0.25, 0.3) is 0 Å². The van der Waals surface area contributed by atoms with Gasteiger partial charge in [-0.05, 0) is 0 Å². The maximum atomic E-state index is 11.0. The van der Waals surface area contributed by atoms with Gasteiger partial charge < -0.3 is 4.79 Å². The Kier molecular flexibility index (Phi) is 4.63. The van der Waals surface area contributed by atoms with Crippen molar-refractivity contribution in [2.45, 2.75) is 23.3 Å². The van der Waals surface area contributed by atoms with E-state index in [9.17, 15) is 4.79 Å². The van der Waals surface area contributed by atoms with Gasteiger partial charge in [0, 0.05) is 17.9 Å². The number of carbonyl (C=O) groups excluding carboxylic acids is 1. The summed E-state index contributed by atoms with van der Waals surface area (Å²) in [5.74, 6) is 2.94. The van der Waals surface area contributed by atoms with Gasteiger partial charge in [0.2, 0.25) is 0 Å². The fraction of sp³-hybridized carbons (Fsp3) is 0.750. The van der Waals surface area contributed by atoms with Crippen molar-refractivity contribution >= 4 is 29.3 Å². The molecule has 0 radical (unpaired) electrons. The van der Waals surface area contributed by atoms with Crippen molar-refractivity contribution in [2.75, 3.05) is 11.5 Å². The molecular formula is C8H11OS2Y+2. The van der Waals surface area contributed by atoms with E-state index >= 15 is 0 Å². The van der Waals surface area contributed by atoms with Crippen molar-refractivity contribution in [1.29, 1.82) is 0 Å². The van der Waals surface area contributed by atoms with Gasteiger partial charge in [0.15, 0.2) is 0 Å². The summed E-state index contributed by atoms with van der Waals surface area (Å²) in [7, 11) is 0. The molecule has 2 rings (SSSR count). The minimum absolute atomic E-state index is 0. The second kappa shape index (κ2) is 4.81. The Labute approximate surface area is 107 Å². The number of hydrogen-bond acceptors (Lipinski definition) is 3. The van der Waals surface area contributed by atoms with Crippen LogP contribution in [-0.2, 0) is 37.5 Å². The first kappa shape index (κ1) is 11.5. The second-order valence-corrected chi connectivity index (χ2v) is 6.06. The fourth-order valence-electron chi connectivity index (χ4n) is 1.52. The molecule has 0 bridgehead atoms. The van der Waals surface area contributed by atoms with Crippen LogP contribution in [0.2, 0.25) is 0 Å². The number of ketones is 1. The van der Waals surface area contributed by atoms with Gasteiger partial charge in [-0.15, -0.1) is 6.42 Å². The van der Waals surface area contributed by atoms with Crippen molar-refractivity contribution in [2.24, 2.45) is 0 Å². The van der Waals surface area contributed by atoms with Crippen LogP contribution in [0.5, 0.6) is 0 Å². The smallest absolute Gasteiger partial charge is 0.303 e. The molecule has 1 heterocycles. The molecule has 2 fully saturated rings. The zero-order valence-electron chi connectivity index (χ0n) is 6.91. The predicted octanol–water partition coefficient (Wildman–Crippen LogP) is 2.12. The van der Waals surface area contributed by atoms with Crippen molar-refractivity contribution in [3.05, 3.63) is 6.42 Å². The van der Waals surface area contributed by atoms with E-state index in [0.29, 0.717) is 16.3 Å². The number of Topliss-reactive ketones (excluding diaryl/α,β-unsaturated/α-hetero) is 1. The molecule has 0 aromatic heterocycles. The summed E-state index contributed by atoms with van der Waals surface area (Å²) in [5.41, 5.74) is 0. The molecule has 0 unspecified atom stereocenters. The number of carbonyl (C=O) groups is 1. The first-order valence-corrected chi connectivity index (χ1v) is 5.92. The van der Waals surface area contributed by atoms with E-state index in [0.717, 1.165) is 12.8 Å². The summed E-state index contributed by atoms with van der Waals surface area (Å²) in [5, 5.41) is 0. The quantitative estimate of drug-likeness (QED) is 0.631. The summed E-state index contributed by atoms with van der Waals surface area (Å²) >= 11 is 4.05. The van der Waals surface area contributed by atoms with Crippen LogP contribution in [0.1, 0.15) is 19.3 Å². The van der Waals surface area contributed by atoms with Crippen LogP contribution in [0, 0.1) is 6.42 Å². The Morgan fingerprint density at radius 3 is 2.50 bits per heavy atom. The van der Waals surface area contributed by atoms with E-state index in [4.69, 9.17) is 0 Å². The van der Waals surface area contributed by atoms with Crippen molar-refractivity contribution in [1.82, 2.24) is 0 Å². The van der Waals surface area contributed by atoms with Gasteiger partial charge in [0.05, 0.1) is 0 Å². The largest absolute Gasteiger partial charge is 3.00 e. The topological polar surface area (TPSA) is 17.1 Å². The molecule has 0 aromatic carbocycles. The molecule has 1 aliphatic heterocycles. The second-order valence-electron chi connectivity index (χ2n) is 2.96. The average molecular weight is 276 g/mol. The summed E-state index contributed by atoms with van der Waals surface area (Å²) in [6.45, 7) is 0. The van der Waals surface area contributed by atoms with E-state index in [2.05, 4.69) is 6.42 Å². The molecule has 0 atom stereocenters. The Morgan fingerprint density at radius 2 is 2.00 bits per heavy atom. The molecule has 1 aliphatic carbocycles. The van der Waals surface area contributed by atoms with E-state index in [1.807, 2.05) is 23.5 Å². The SMILES string of the molecule is O=C1C[CH-]C2(CC1)SCCS2.[Y+3]. The average Bonchev–Trinajstić information content (AvgIpc) is 2.45. The van der Waals surface area contributed by atoms with Crippen molar-refractivity contribution in [3.8, 4) is 0 Å². The van der Waals surface area contributed by atoms with E-state index in [-0.39, 0.29) is 32.7 Å². The maximum Gasteiger partial charge on any atom is 3.00 e. The molecule has 1 spiro atoms. The third-order valence-corrected chi connectivity index (χ3v) is 5.67. The van der Waals surface area contributed by atoms with E-state index in [1.54, 1.807) is 0 Å². The monoisotopic (exact) mass is 276 g/mol. The van der Waals surface area contributed by atoms with E-state index < -0.39 is 0 Å². The zero-order chi connectivity index (χ0) is 7.73. The van der Waals surface area contributed by atoms with Crippen LogP contribution in [-0.4, -0.2) is 21.4 Å². The van der Waals surface area contributed by atoms with Crippen molar-refractivity contribution in [3.63, 3.8) is 0 Å². The van der Waals surface area contributed by atoms with Crippen molar-refractivity contribution < 1.29 is 37.5 Å². The number of thioether (sulfide) groups is 2. The Bertz CT molecular complexity index is 166. The minimum atomic E-state index is 0. The molecule has 1 saturated heterocycles. The molecule has 1 nitrogen and oxygen atoms in total. The normalized spacial score (nSPS) is 27.2. The maximum absolute atomic E-state index is 11.0. The van der Waals surface area contributed by atoms with Crippen LogP contribution in [0.15, 0.2) is 0 Å². The third kappa shape index (κ3) is 2.49. The standard InChI is InChI=1S/C8H11OS2.Y/c9-7-1-3-8(4-2-7)10-5-6-11-8;/h3H,1-2,4-6H2;/q-1;+3. The van der Waals surface area contributed by atoms with Crippen LogP contribution in [0.25, 0.3) is 0 Å². The summed E-state index contributed by atoms with van der Waals surface area (Å²) in [4.78, 5) is 11.0. The predicted molar refractivity (Wildman–Crippen MR) is 50.8 cm³/mol. The summed E-state index contributed by atoms with van der Waals surface area (Å²) in [6, 6.07) is 0. The van der Waals surface area contributed by atoms with Gasteiger partial charge in [0.1, 0.15) is 5.78 Å². The Morgan fingerprint density at radius 1 is 1.33 bits per heavy atom. The zero-order valence-corrected chi connectivity index (χ0v) is 11.4.